The van der Waals surface area contributed by atoms with Crippen LogP contribution in [0.1, 0.15) is 48.2 Å². The fourth-order valence-electron chi connectivity index (χ4n) is 4.16. The van der Waals surface area contributed by atoms with Crippen LogP contribution in [0.4, 0.5) is 4.39 Å². The first-order chi connectivity index (χ1) is 15.0. The number of piperidine rings is 1. The Balaban J connectivity index is 1.25. The highest BCUT2D eigenvalue weighted by Gasteiger charge is 2.25. The van der Waals surface area contributed by atoms with Crippen molar-refractivity contribution in [2.45, 2.75) is 32.1 Å². The Kier molecular flexibility index (Phi) is 6.51. The number of hydrogen-bond acceptors (Lipinski definition) is 6. The molecule has 0 saturated carbocycles. The van der Waals surface area contributed by atoms with Crippen molar-refractivity contribution in [2.24, 2.45) is 0 Å². The number of nitrogens with zero attached hydrogens (tertiary/aromatic N) is 2. The first kappa shape index (κ1) is 21.3. The predicted molar refractivity (Wildman–Crippen MR) is 115 cm³/mol. The molecular formula is C24H27FN2O4. The van der Waals surface area contributed by atoms with Crippen molar-refractivity contribution in [1.29, 1.82) is 0 Å². The van der Waals surface area contributed by atoms with Crippen molar-refractivity contribution >= 4 is 16.8 Å². The monoisotopic (exact) mass is 426 g/mol. The normalized spacial score (nSPS) is 15.3. The van der Waals surface area contributed by atoms with Crippen molar-refractivity contribution in [2.75, 3.05) is 33.4 Å². The maximum atomic E-state index is 13.4. The van der Waals surface area contributed by atoms with Crippen LogP contribution in [-0.4, -0.2) is 49.2 Å². The van der Waals surface area contributed by atoms with Gasteiger partial charge < -0.3 is 18.9 Å². The van der Waals surface area contributed by atoms with Crippen LogP contribution in [0.3, 0.4) is 0 Å². The number of ketones is 1. The molecule has 2 heterocycles. The fourth-order valence-corrected chi connectivity index (χ4v) is 4.16. The number of ether oxygens (including phenoxy) is 2. The van der Waals surface area contributed by atoms with Crippen LogP contribution in [0.5, 0.6) is 11.5 Å². The molecule has 7 heteroatoms. The average Bonchev–Trinajstić information content (AvgIpc) is 3.20. The second-order valence-electron chi connectivity index (χ2n) is 7.94. The Morgan fingerprint density at radius 3 is 2.77 bits per heavy atom. The minimum absolute atomic E-state index is 0.0425. The Labute approximate surface area is 180 Å². The average molecular weight is 426 g/mol. The molecule has 6 nitrogen and oxygen atoms in total. The number of methoxy groups -OCH3 is 1. The lowest BCUT2D eigenvalue weighted by Gasteiger charge is -2.31. The number of rotatable bonds is 8. The molecule has 31 heavy (non-hydrogen) atoms. The number of carbonyl (C=O) groups is 1. The zero-order valence-corrected chi connectivity index (χ0v) is 17.9. The van der Waals surface area contributed by atoms with Crippen LogP contribution in [-0.2, 0) is 0 Å². The first-order valence-electron chi connectivity index (χ1n) is 10.6. The Morgan fingerprint density at radius 1 is 1.23 bits per heavy atom. The molecular weight excluding hydrogens is 399 g/mol. The van der Waals surface area contributed by atoms with E-state index in [1.807, 2.05) is 0 Å². The Morgan fingerprint density at radius 2 is 2.03 bits per heavy atom. The Hall–Kier alpha value is -2.93. The summed E-state index contributed by atoms with van der Waals surface area (Å²) in [6.45, 7) is 4.96. The van der Waals surface area contributed by atoms with E-state index < -0.39 is 0 Å². The van der Waals surface area contributed by atoms with Gasteiger partial charge in [0.2, 0.25) is 0 Å². The number of likely N-dealkylation sites (tertiary alicyclic amines) is 1. The summed E-state index contributed by atoms with van der Waals surface area (Å²) in [5, 5.41) is 5.12. The molecule has 0 bridgehead atoms. The molecule has 1 aliphatic heterocycles. The van der Waals surface area contributed by atoms with Crippen LogP contribution in [0.2, 0.25) is 0 Å². The van der Waals surface area contributed by atoms with E-state index in [0.29, 0.717) is 35.2 Å². The number of aromatic nitrogens is 1. The van der Waals surface area contributed by atoms with Gasteiger partial charge in [-0.15, -0.1) is 0 Å². The van der Waals surface area contributed by atoms with E-state index in [-0.39, 0.29) is 11.6 Å². The van der Waals surface area contributed by atoms with Gasteiger partial charge >= 0.3 is 0 Å². The topological polar surface area (TPSA) is 64.8 Å². The zero-order valence-electron chi connectivity index (χ0n) is 17.9. The van der Waals surface area contributed by atoms with Gasteiger partial charge in [-0.25, -0.2) is 4.39 Å². The maximum absolute atomic E-state index is 13.4. The van der Waals surface area contributed by atoms with Crippen LogP contribution in [0.15, 0.2) is 40.9 Å². The number of fused-ring (bicyclic) bond motifs is 1. The van der Waals surface area contributed by atoms with Crippen molar-refractivity contribution in [1.82, 2.24) is 10.1 Å². The molecule has 2 aromatic carbocycles. The summed E-state index contributed by atoms with van der Waals surface area (Å²) in [6, 6.07) is 9.91. The van der Waals surface area contributed by atoms with Gasteiger partial charge in [0.1, 0.15) is 17.3 Å². The summed E-state index contributed by atoms with van der Waals surface area (Å²) < 4.78 is 29.7. The number of halogens is 1. The van der Waals surface area contributed by atoms with E-state index in [0.717, 1.165) is 50.0 Å². The van der Waals surface area contributed by atoms with E-state index in [2.05, 4.69) is 10.1 Å². The molecule has 1 saturated heterocycles. The van der Waals surface area contributed by atoms with Gasteiger partial charge in [-0.1, -0.05) is 5.16 Å². The summed E-state index contributed by atoms with van der Waals surface area (Å²) in [5.41, 5.74) is 1.99. The molecule has 164 valence electrons. The fraction of sp³-hybridized carbons (Fsp3) is 0.417. The van der Waals surface area contributed by atoms with Gasteiger partial charge in [0.15, 0.2) is 11.4 Å². The van der Waals surface area contributed by atoms with Gasteiger partial charge in [0.25, 0.3) is 0 Å². The molecule has 1 aromatic heterocycles. The van der Waals surface area contributed by atoms with Crippen LogP contribution in [0.25, 0.3) is 11.0 Å². The lowest BCUT2D eigenvalue weighted by Crippen LogP contribution is -2.34. The third kappa shape index (κ3) is 4.88. The van der Waals surface area contributed by atoms with Crippen LogP contribution < -0.4 is 9.47 Å². The zero-order chi connectivity index (χ0) is 21.8. The predicted octanol–water partition coefficient (Wildman–Crippen LogP) is 4.83. The standard InChI is InChI=1S/C24H27FN2O4/c1-16(28)21-15-19(29-2)5-7-22(21)30-13-3-10-27-11-8-17(9-12-27)24-20-6-4-18(25)14-23(20)31-26-24/h4-7,14-15,17H,3,8-13H2,1-2H3. The molecule has 0 amide bonds. The SMILES string of the molecule is COc1ccc(OCCCN2CCC(c3noc4cc(F)ccc34)CC2)c(C(C)=O)c1. The highest BCUT2D eigenvalue weighted by atomic mass is 19.1. The molecule has 0 atom stereocenters. The third-order valence-electron chi connectivity index (χ3n) is 5.88. The van der Waals surface area contributed by atoms with Gasteiger partial charge in [-0.3, -0.25) is 4.79 Å². The number of benzene rings is 2. The minimum atomic E-state index is -0.308. The van der Waals surface area contributed by atoms with Gasteiger partial charge in [0, 0.05) is 23.9 Å². The molecule has 4 rings (SSSR count). The summed E-state index contributed by atoms with van der Waals surface area (Å²) in [4.78, 5) is 14.3. The van der Waals surface area contributed by atoms with Crippen LogP contribution in [0, 0.1) is 5.82 Å². The summed E-state index contributed by atoms with van der Waals surface area (Å²) >= 11 is 0. The van der Waals surface area contributed by atoms with Crippen LogP contribution >= 0.6 is 0 Å². The lowest BCUT2D eigenvalue weighted by atomic mass is 9.91. The molecule has 1 aliphatic rings. The van der Waals surface area contributed by atoms with Crippen molar-refractivity contribution < 1.29 is 23.2 Å². The van der Waals surface area contributed by atoms with Crippen molar-refractivity contribution in [3.8, 4) is 11.5 Å². The molecule has 0 aliphatic carbocycles. The van der Waals surface area contributed by atoms with E-state index >= 15 is 0 Å². The maximum Gasteiger partial charge on any atom is 0.170 e. The molecule has 0 unspecified atom stereocenters. The van der Waals surface area contributed by atoms with Gasteiger partial charge in [0.05, 0.1) is 25.0 Å². The highest BCUT2D eigenvalue weighted by molar-refractivity contribution is 5.97. The molecule has 1 fully saturated rings. The number of hydrogen-bond donors (Lipinski definition) is 0. The summed E-state index contributed by atoms with van der Waals surface area (Å²) in [7, 11) is 1.58. The second-order valence-corrected chi connectivity index (χ2v) is 7.94. The summed E-state index contributed by atoms with van der Waals surface area (Å²) in [6.07, 6.45) is 2.86. The Bertz CT molecular complexity index is 1060. The molecule has 0 radical (unpaired) electrons. The minimum Gasteiger partial charge on any atom is -0.497 e. The highest BCUT2D eigenvalue weighted by Crippen LogP contribution is 2.33. The van der Waals surface area contributed by atoms with Gasteiger partial charge in [-0.05, 0) is 69.6 Å². The lowest BCUT2D eigenvalue weighted by molar-refractivity contribution is 0.101. The largest absolute Gasteiger partial charge is 0.497 e. The number of Topliss-reactive ketones (excluding diaryl/α,β-unsaturated/α-hetero) is 1. The smallest absolute Gasteiger partial charge is 0.170 e. The quantitative estimate of drug-likeness (QED) is 0.380. The number of carbonyl (C=O) groups excluding carboxylic acids is 1. The molecule has 3 aromatic rings. The molecule has 0 N–H and O–H groups in total. The van der Waals surface area contributed by atoms with E-state index in [1.165, 1.54) is 19.1 Å². The third-order valence-corrected chi connectivity index (χ3v) is 5.88. The van der Waals surface area contributed by atoms with Crippen molar-refractivity contribution in [3.05, 3.63) is 53.5 Å². The van der Waals surface area contributed by atoms with E-state index in [4.69, 9.17) is 14.0 Å². The van der Waals surface area contributed by atoms with Crippen molar-refractivity contribution in [3.63, 3.8) is 0 Å². The van der Waals surface area contributed by atoms with Gasteiger partial charge in [-0.2, -0.15) is 0 Å². The summed E-state index contributed by atoms with van der Waals surface area (Å²) in [5.74, 6) is 1.22. The second kappa shape index (κ2) is 9.47. The van der Waals surface area contributed by atoms with E-state index in [1.54, 1.807) is 31.4 Å². The van der Waals surface area contributed by atoms with E-state index in [9.17, 15) is 9.18 Å². The molecule has 0 spiro atoms. The first-order valence-corrected chi connectivity index (χ1v) is 10.6.